The molecule has 0 saturated heterocycles. The lowest BCUT2D eigenvalue weighted by molar-refractivity contribution is -0.146. The maximum atomic E-state index is 12.4. The number of aliphatic hydroxyl groups is 1. The van der Waals surface area contributed by atoms with Crippen molar-refractivity contribution in [2.75, 3.05) is 0 Å². The van der Waals surface area contributed by atoms with Gasteiger partial charge in [-0.3, -0.25) is 0 Å². The molecule has 1 heterocycles. The topological polar surface area (TPSA) is 128 Å². The van der Waals surface area contributed by atoms with E-state index in [1.807, 2.05) is 60.7 Å². The highest BCUT2D eigenvalue weighted by Gasteiger charge is 2.29. The number of nitrogens with zero attached hydrogens (tertiary/aromatic N) is 4. The standard InChI is InChI=1S/C24H29N5O5/c1-24(2,3)34-23(32)25-19(14-17-10-6-4-7-11-17)21(31)22-26-28-29(27-22)15-20(30)33-16-18-12-8-5-9-13-18/h4-13,19,21,31H,14-16H2,1-3H3,(H,25,32)/t19-,21-/m0/s1. The molecule has 0 radical (unpaired) electrons. The second-order valence-corrected chi connectivity index (χ2v) is 8.71. The molecule has 0 aliphatic rings. The van der Waals surface area contributed by atoms with Gasteiger partial charge in [0.2, 0.25) is 5.82 Å². The minimum atomic E-state index is -1.29. The SMILES string of the molecule is CC(C)(C)OC(=O)N[C@@H](Cc1ccccc1)[C@H](O)c1nnn(CC(=O)OCc2ccccc2)n1. The molecule has 0 saturated carbocycles. The fourth-order valence-corrected chi connectivity index (χ4v) is 3.09. The molecule has 0 unspecified atom stereocenters. The summed E-state index contributed by atoms with van der Waals surface area (Å²) in [5.41, 5.74) is 1.04. The molecule has 3 rings (SSSR count). The number of ether oxygens (including phenoxy) is 2. The van der Waals surface area contributed by atoms with Crippen LogP contribution in [0.1, 0.15) is 43.8 Å². The van der Waals surface area contributed by atoms with E-state index < -0.39 is 29.8 Å². The largest absolute Gasteiger partial charge is 0.459 e. The lowest BCUT2D eigenvalue weighted by atomic mass is 10.0. The summed E-state index contributed by atoms with van der Waals surface area (Å²) in [4.78, 5) is 25.5. The fraction of sp³-hybridized carbons (Fsp3) is 0.375. The quantitative estimate of drug-likeness (QED) is 0.460. The van der Waals surface area contributed by atoms with Gasteiger partial charge in [-0.1, -0.05) is 60.7 Å². The van der Waals surface area contributed by atoms with Crippen LogP contribution in [0.2, 0.25) is 0 Å². The van der Waals surface area contributed by atoms with Crippen molar-refractivity contribution < 1.29 is 24.2 Å². The van der Waals surface area contributed by atoms with Crippen molar-refractivity contribution in [1.82, 2.24) is 25.5 Å². The van der Waals surface area contributed by atoms with Crippen LogP contribution in [0.5, 0.6) is 0 Å². The Morgan fingerprint density at radius 1 is 1.03 bits per heavy atom. The van der Waals surface area contributed by atoms with Crippen LogP contribution >= 0.6 is 0 Å². The van der Waals surface area contributed by atoms with Gasteiger partial charge in [-0.25, -0.2) is 9.59 Å². The van der Waals surface area contributed by atoms with Crippen LogP contribution in [0.3, 0.4) is 0 Å². The molecule has 0 aliphatic carbocycles. The zero-order valence-electron chi connectivity index (χ0n) is 19.4. The molecule has 3 aromatic rings. The van der Waals surface area contributed by atoms with Crippen molar-refractivity contribution in [1.29, 1.82) is 0 Å². The van der Waals surface area contributed by atoms with Crippen molar-refractivity contribution in [2.24, 2.45) is 0 Å². The van der Waals surface area contributed by atoms with Crippen LogP contribution in [0.15, 0.2) is 60.7 Å². The first kappa shape index (κ1) is 24.8. The van der Waals surface area contributed by atoms with Gasteiger partial charge >= 0.3 is 12.1 Å². The van der Waals surface area contributed by atoms with Crippen molar-refractivity contribution >= 4 is 12.1 Å². The third kappa shape index (κ3) is 7.96. The van der Waals surface area contributed by atoms with Crippen LogP contribution in [0, 0.1) is 0 Å². The highest BCUT2D eigenvalue weighted by Crippen LogP contribution is 2.18. The number of nitrogens with one attached hydrogen (secondary N) is 1. The Balaban J connectivity index is 1.65. The number of aromatic nitrogens is 4. The first-order valence-electron chi connectivity index (χ1n) is 10.9. The number of tetrazole rings is 1. The third-order valence-corrected chi connectivity index (χ3v) is 4.63. The van der Waals surface area contributed by atoms with Gasteiger partial charge in [0.15, 0.2) is 6.54 Å². The monoisotopic (exact) mass is 467 g/mol. The van der Waals surface area contributed by atoms with E-state index in [1.165, 1.54) is 0 Å². The van der Waals surface area contributed by atoms with Crippen LogP contribution in [0.25, 0.3) is 0 Å². The number of hydrogen-bond donors (Lipinski definition) is 2. The minimum absolute atomic E-state index is 0.0344. The normalized spacial score (nSPS) is 13.1. The number of benzene rings is 2. The Morgan fingerprint density at radius 2 is 1.65 bits per heavy atom. The summed E-state index contributed by atoms with van der Waals surface area (Å²) in [6.45, 7) is 5.11. The molecule has 2 atom stereocenters. The van der Waals surface area contributed by atoms with Crippen molar-refractivity contribution in [2.45, 2.75) is 58.1 Å². The Kier molecular flexibility index (Phi) is 8.31. The lowest BCUT2D eigenvalue weighted by Crippen LogP contribution is -2.43. The zero-order valence-corrected chi connectivity index (χ0v) is 19.4. The highest BCUT2D eigenvalue weighted by atomic mass is 16.6. The van der Waals surface area contributed by atoms with Crippen molar-refractivity contribution in [3.8, 4) is 0 Å². The van der Waals surface area contributed by atoms with E-state index in [1.54, 1.807) is 20.8 Å². The smallest absolute Gasteiger partial charge is 0.407 e. The van der Waals surface area contributed by atoms with Crippen LogP contribution in [-0.2, 0) is 33.8 Å². The van der Waals surface area contributed by atoms with Gasteiger partial charge in [0.1, 0.15) is 18.3 Å². The third-order valence-electron chi connectivity index (χ3n) is 4.63. The molecule has 0 fully saturated rings. The molecule has 0 aliphatic heterocycles. The summed E-state index contributed by atoms with van der Waals surface area (Å²) in [7, 11) is 0. The number of carbonyl (C=O) groups excluding carboxylic acids is 2. The molecule has 10 heteroatoms. The Bertz CT molecular complexity index is 1070. The second-order valence-electron chi connectivity index (χ2n) is 8.71. The van der Waals surface area contributed by atoms with E-state index in [2.05, 4.69) is 20.7 Å². The summed E-state index contributed by atoms with van der Waals surface area (Å²) < 4.78 is 10.6. The summed E-state index contributed by atoms with van der Waals surface area (Å²) in [5.74, 6) is -0.581. The van der Waals surface area contributed by atoms with Gasteiger partial charge in [0, 0.05) is 0 Å². The lowest BCUT2D eigenvalue weighted by Gasteiger charge is -2.25. The number of esters is 1. The van der Waals surface area contributed by atoms with E-state index in [-0.39, 0.29) is 19.0 Å². The summed E-state index contributed by atoms with van der Waals surface area (Å²) in [6, 6.07) is 17.8. The maximum absolute atomic E-state index is 12.4. The number of aliphatic hydroxyl groups excluding tert-OH is 1. The van der Waals surface area contributed by atoms with Gasteiger partial charge in [-0.2, -0.15) is 4.80 Å². The molecule has 34 heavy (non-hydrogen) atoms. The molecular weight excluding hydrogens is 438 g/mol. The average Bonchev–Trinajstić information content (AvgIpc) is 3.25. The number of hydrogen-bond acceptors (Lipinski definition) is 8. The zero-order chi connectivity index (χ0) is 24.6. The molecule has 1 amide bonds. The summed E-state index contributed by atoms with van der Waals surface area (Å²) in [6.07, 6.45) is -1.67. The van der Waals surface area contributed by atoms with Gasteiger partial charge in [0.05, 0.1) is 6.04 Å². The number of amides is 1. The predicted molar refractivity (Wildman–Crippen MR) is 122 cm³/mol. The van der Waals surface area contributed by atoms with Gasteiger partial charge in [-0.05, 0) is 43.5 Å². The molecular formula is C24H29N5O5. The Labute approximate surface area is 197 Å². The van der Waals surface area contributed by atoms with Gasteiger partial charge < -0.3 is 19.9 Å². The second kappa shape index (κ2) is 11.4. The summed E-state index contributed by atoms with van der Waals surface area (Å²) in [5, 5.41) is 25.4. The molecule has 0 bridgehead atoms. The molecule has 180 valence electrons. The first-order chi connectivity index (χ1) is 16.2. The minimum Gasteiger partial charge on any atom is -0.459 e. The number of rotatable bonds is 9. The van der Waals surface area contributed by atoms with Crippen molar-refractivity contribution in [3.63, 3.8) is 0 Å². The van der Waals surface area contributed by atoms with E-state index in [4.69, 9.17) is 9.47 Å². The van der Waals surface area contributed by atoms with E-state index >= 15 is 0 Å². The Morgan fingerprint density at radius 3 is 2.26 bits per heavy atom. The van der Waals surface area contributed by atoms with Crippen molar-refractivity contribution in [3.05, 3.63) is 77.6 Å². The molecule has 1 aromatic heterocycles. The molecule has 0 spiro atoms. The Hall–Kier alpha value is -3.79. The molecule has 2 N–H and O–H groups in total. The van der Waals surface area contributed by atoms with Crippen LogP contribution in [-0.4, -0.2) is 49.0 Å². The van der Waals surface area contributed by atoms with Gasteiger partial charge in [-0.15, -0.1) is 10.2 Å². The predicted octanol–water partition coefficient (Wildman–Crippen LogP) is 2.59. The van der Waals surface area contributed by atoms with Crippen LogP contribution < -0.4 is 5.32 Å². The molecule has 2 aromatic carbocycles. The highest BCUT2D eigenvalue weighted by molar-refractivity contribution is 5.69. The average molecular weight is 468 g/mol. The number of alkyl carbamates (subject to hydrolysis) is 1. The maximum Gasteiger partial charge on any atom is 0.407 e. The van der Waals surface area contributed by atoms with Gasteiger partial charge in [0.25, 0.3) is 0 Å². The molecule has 10 nitrogen and oxygen atoms in total. The van der Waals surface area contributed by atoms with Crippen LogP contribution in [0.4, 0.5) is 4.79 Å². The first-order valence-corrected chi connectivity index (χ1v) is 10.9. The van der Waals surface area contributed by atoms with E-state index in [0.29, 0.717) is 6.42 Å². The van der Waals surface area contributed by atoms with E-state index in [9.17, 15) is 14.7 Å². The number of carbonyl (C=O) groups is 2. The fourth-order valence-electron chi connectivity index (χ4n) is 3.09. The summed E-state index contributed by atoms with van der Waals surface area (Å²) >= 11 is 0. The van der Waals surface area contributed by atoms with E-state index in [0.717, 1.165) is 15.9 Å².